The number of rotatable bonds is 2. The number of nitrogens with two attached hydrogens (primary N) is 1. The number of carbonyl (C=O) groups is 2. The van der Waals surface area contributed by atoms with Crippen LogP contribution in [0.25, 0.3) is 0 Å². The molecule has 0 spiro atoms. The van der Waals surface area contributed by atoms with E-state index in [4.69, 9.17) is 10.5 Å². The fraction of sp³-hybridized carbons (Fsp3) is 0.833. The Bertz CT molecular complexity index is 307. The molecular weight excluding hydrogens is 220 g/mol. The minimum absolute atomic E-state index is 0.182. The van der Waals surface area contributed by atoms with Crippen molar-refractivity contribution in [2.75, 3.05) is 6.54 Å². The lowest BCUT2D eigenvalue weighted by Crippen LogP contribution is -2.48. The van der Waals surface area contributed by atoms with Gasteiger partial charge in [0.2, 0.25) is 5.91 Å². The molecule has 0 aliphatic carbocycles. The first-order valence-electron chi connectivity index (χ1n) is 6.01. The second kappa shape index (κ2) is 5.04. The summed E-state index contributed by atoms with van der Waals surface area (Å²) in [6.07, 6.45) is 1.48. The van der Waals surface area contributed by atoms with Gasteiger partial charge in [-0.25, -0.2) is 4.79 Å². The number of likely N-dealkylation sites (tertiary alicyclic amines) is 1. The fourth-order valence-corrected chi connectivity index (χ4v) is 1.91. The highest BCUT2D eigenvalue weighted by molar-refractivity contribution is 5.87. The summed E-state index contributed by atoms with van der Waals surface area (Å²) in [5.74, 6) is -0.512. The van der Waals surface area contributed by atoms with Crippen LogP contribution in [0.5, 0.6) is 0 Å². The molecule has 2 atom stereocenters. The highest BCUT2D eigenvalue weighted by atomic mass is 16.6. The Labute approximate surface area is 102 Å². The van der Waals surface area contributed by atoms with Crippen LogP contribution < -0.4 is 5.73 Å². The third-order valence-corrected chi connectivity index (χ3v) is 2.60. The lowest BCUT2D eigenvalue weighted by atomic mass is 10.1. The Hall–Kier alpha value is -1.10. The topological polar surface area (TPSA) is 72.6 Å². The largest absolute Gasteiger partial charge is 0.458 e. The smallest absolute Gasteiger partial charge is 0.329 e. The molecule has 98 valence electrons. The normalized spacial score (nSPS) is 22.4. The van der Waals surface area contributed by atoms with Gasteiger partial charge in [-0.3, -0.25) is 4.79 Å². The Morgan fingerprint density at radius 1 is 1.41 bits per heavy atom. The van der Waals surface area contributed by atoms with Gasteiger partial charge >= 0.3 is 5.97 Å². The molecule has 1 rings (SSSR count). The van der Waals surface area contributed by atoms with E-state index in [-0.39, 0.29) is 11.9 Å². The van der Waals surface area contributed by atoms with Gasteiger partial charge in [-0.05, 0) is 40.5 Å². The van der Waals surface area contributed by atoms with Crippen LogP contribution in [0.1, 0.15) is 40.5 Å². The van der Waals surface area contributed by atoms with Gasteiger partial charge in [-0.2, -0.15) is 0 Å². The Morgan fingerprint density at radius 2 is 2.00 bits per heavy atom. The van der Waals surface area contributed by atoms with Gasteiger partial charge in [0, 0.05) is 6.54 Å². The molecule has 1 aliphatic rings. The highest BCUT2D eigenvalue weighted by Crippen LogP contribution is 2.21. The maximum Gasteiger partial charge on any atom is 0.329 e. The molecule has 5 heteroatoms. The minimum atomic E-state index is -0.571. The second-order valence-electron chi connectivity index (χ2n) is 5.51. The van der Waals surface area contributed by atoms with Crippen molar-refractivity contribution in [3.63, 3.8) is 0 Å². The molecule has 2 N–H and O–H groups in total. The highest BCUT2D eigenvalue weighted by Gasteiger charge is 2.37. The van der Waals surface area contributed by atoms with Crippen molar-refractivity contribution in [2.45, 2.75) is 58.2 Å². The van der Waals surface area contributed by atoms with Gasteiger partial charge in [0.1, 0.15) is 11.6 Å². The van der Waals surface area contributed by atoms with E-state index < -0.39 is 17.7 Å². The van der Waals surface area contributed by atoms with Crippen LogP contribution >= 0.6 is 0 Å². The van der Waals surface area contributed by atoms with Crippen LogP contribution in [0.4, 0.5) is 0 Å². The van der Waals surface area contributed by atoms with E-state index in [2.05, 4.69) is 0 Å². The van der Waals surface area contributed by atoms with E-state index in [1.165, 1.54) is 0 Å². The van der Waals surface area contributed by atoms with Crippen molar-refractivity contribution in [1.29, 1.82) is 0 Å². The van der Waals surface area contributed by atoms with Gasteiger partial charge in [-0.15, -0.1) is 0 Å². The van der Waals surface area contributed by atoms with E-state index >= 15 is 0 Å². The van der Waals surface area contributed by atoms with Crippen LogP contribution in [0.3, 0.4) is 0 Å². The molecule has 1 amide bonds. The number of hydrogen-bond donors (Lipinski definition) is 1. The molecule has 0 aromatic rings. The molecule has 0 bridgehead atoms. The van der Waals surface area contributed by atoms with Gasteiger partial charge in [0.15, 0.2) is 0 Å². The Morgan fingerprint density at radius 3 is 2.47 bits per heavy atom. The molecule has 0 saturated carbocycles. The molecule has 1 heterocycles. The van der Waals surface area contributed by atoms with Gasteiger partial charge in [0.25, 0.3) is 0 Å². The third kappa shape index (κ3) is 3.70. The molecule has 1 unspecified atom stereocenters. The maximum atomic E-state index is 11.9. The predicted octanol–water partition coefficient (Wildman–Crippen LogP) is 0.666. The summed E-state index contributed by atoms with van der Waals surface area (Å²) in [6.45, 7) is 7.67. The first-order chi connectivity index (χ1) is 7.72. The summed E-state index contributed by atoms with van der Waals surface area (Å²) in [4.78, 5) is 25.3. The quantitative estimate of drug-likeness (QED) is 0.722. The van der Waals surface area contributed by atoms with Crippen LogP contribution in [-0.2, 0) is 14.3 Å². The van der Waals surface area contributed by atoms with E-state index in [9.17, 15) is 9.59 Å². The molecule has 1 saturated heterocycles. The molecule has 0 aromatic carbocycles. The standard InChI is InChI=1S/C12H22N2O3/c1-8(13)10(15)14-7-5-6-9(14)11(16)17-12(2,3)4/h8-9H,5-7,13H2,1-4H3/t8-,9?/m0/s1. The van der Waals surface area contributed by atoms with Crippen molar-refractivity contribution in [1.82, 2.24) is 4.90 Å². The summed E-state index contributed by atoms with van der Waals surface area (Å²) in [5, 5.41) is 0. The van der Waals surface area contributed by atoms with Crippen molar-refractivity contribution in [3.05, 3.63) is 0 Å². The fourth-order valence-electron chi connectivity index (χ4n) is 1.91. The minimum Gasteiger partial charge on any atom is -0.458 e. The number of nitrogens with zero attached hydrogens (tertiary/aromatic N) is 1. The number of ether oxygens (including phenoxy) is 1. The van der Waals surface area contributed by atoms with Crippen molar-refractivity contribution in [3.8, 4) is 0 Å². The van der Waals surface area contributed by atoms with Gasteiger partial charge in [0.05, 0.1) is 6.04 Å². The second-order valence-corrected chi connectivity index (χ2v) is 5.51. The molecule has 5 nitrogen and oxygen atoms in total. The van der Waals surface area contributed by atoms with Crippen molar-refractivity contribution in [2.24, 2.45) is 5.73 Å². The zero-order valence-corrected chi connectivity index (χ0v) is 11.0. The third-order valence-electron chi connectivity index (χ3n) is 2.60. The molecule has 17 heavy (non-hydrogen) atoms. The van der Waals surface area contributed by atoms with Crippen LogP contribution in [-0.4, -0.2) is 41.0 Å². The molecular formula is C12H22N2O3. The van der Waals surface area contributed by atoms with Crippen LogP contribution in [0.15, 0.2) is 0 Å². The number of carbonyl (C=O) groups excluding carboxylic acids is 2. The summed E-state index contributed by atoms with van der Waals surface area (Å²) in [7, 11) is 0. The predicted molar refractivity (Wildman–Crippen MR) is 64.2 cm³/mol. The molecule has 0 radical (unpaired) electrons. The number of esters is 1. The summed E-state index contributed by atoms with van der Waals surface area (Å²) in [6, 6.07) is -1.04. The number of hydrogen-bond acceptors (Lipinski definition) is 4. The molecule has 1 aliphatic heterocycles. The Kier molecular flexibility index (Phi) is 4.14. The zero-order valence-electron chi connectivity index (χ0n) is 11.0. The maximum absolute atomic E-state index is 11.9. The van der Waals surface area contributed by atoms with Crippen LogP contribution in [0, 0.1) is 0 Å². The van der Waals surface area contributed by atoms with Crippen molar-refractivity contribution < 1.29 is 14.3 Å². The number of amides is 1. The van der Waals surface area contributed by atoms with E-state index in [0.717, 1.165) is 6.42 Å². The van der Waals surface area contributed by atoms with Gasteiger partial charge in [-0.1, -0.05) is 0 Å². The van der Waals surface area contributed by atoms with Gasteiger partial charge < -0.3 is 15.4 Å². The average Bonchev–Trinajstić information content (AvgIpc) is 2.61. The average molecular weight is 242 g/mol. The first kappa shape index (κ1) is 14.0. The molecule has 0 aromatic heterocycles. The monoisotopic (exact) mass is 242 g/mol. The summed E-state index contributed by atoms with van der Waals surface area (Å²) < 4.78 is 5.31. The first-order valence-corrected chi connectivity index (χ1v) is 6.01. The van der Waals surface area contributed by atoms with E-state index in [0.29, 0.717) is 13.0 Å². The van der Waals surface area contributed by atoms with E-state index in [1.807, 2.05) is 20.8 Å². The zero-order chi connectivity index (χ0) is 13.2. The lowest BCUT2D eigenvalue weighted by Gasteiger charge is -2.28. The molecule has 1 fully saturated rings. The van der Waals surface area contributed by atoms with Crippen molar-refractivity contribution >= 4 is 11.9 Å². The Balaban J connectivity index is 2.70. The lowest BCUT2D eigenvalue weighted by molar-refractivity contribution is -0.163. The van der Waals surface area contributed by atoms with E-state index in [1.54, 1.807) is 11.8 Å². The SMILES string of the molecule is C[C@H](N)C(=O)N1CCCC1C(=O)OC(C)(C)C. The summed E-state index contributed by atoms with van der Waals surface area (Å²) in [5.41, 5.74) is 5.04. The summed E-state index contributed by atoms with van der Waals surface area (Å²) >= 11 is 0. The van der Waals surface area contributed by atoms with Crippen LogP contribution in [0.2, 0.25) is 0 Å².